The van der Waals surface area contributed by atoms with Crippen LogP contribution in [0.15, 0.2) is 29.7 Å². The van der Waals surface area contributed by atoms with Crippen molar-refractivity contribution in [3.8, 4) is 5.95 Å². The lowest BCUT2D eigenvalue weighted by Gasteiger charge is -2.04. The van der Waals surface area contributed by atoms with Gasteiger partial charge >= 0.3 is 5.97 Å². The molecule has 0 atom stereocenters. The number of hydrogen-bond acceptors (Lipinski definition) is 7. The van der Waals surface area contributed by atoms with Gasteiger partial charge in [0.1, 0.15) is 5.56 Å². The van der Waals surface area contributed by atoms with Gasteiger partial charge in [-0.05, 0) is 13.0 Å². The first-order valence-electron chi connectivity index (χ1n) is 5.42. The van der Waals surface area contributed by atoms with Crippen LogP contribution in [0.2, 0.25) is 0 Å². The molecule has 2 rings (SSSR count). The summed E-state index contributed by atoms with van der Waals surface area (Å²) in [4.78, 5) is 19.4. The van der Waals surface area contributed by atoms with Crippen LogP contribution >= 0.6 is 10.7 Å². The highest BCUT2D eigenvalue weighted by Crippen LogP contribution is 2.22. The van der Waals surface area contributed by atoms with E-state index < -0.39 is 20.0 Å². The van der Waals surface area contributed by atoms with E-state index in [-0.39, 0.29) is 18.1 Å². The number of ether oxygens (including phenoxy) is 1. The third kappa shape index (κ3) is 2.78. The van der Waals surface area contributed by atoms with Crippen LogP contribution in [0.5, 0.6) is 0 Å². The lowest BCUT2D eigenvalue weighted by molar-refractivity contribution is 0.0521. The molecule has 0 spiro atoms. The molecular formula is C10H9ClN4O4S. The van der Waals surface area contributed by atoms with E-state index in [1.807, 2.05) is 0 Å². The summed E-state index contributed by atoms with van der Waals surface area (Å²) in [5.41, 5.74) is -0.269. The van der Waals surface area contributed by atoms with Crippen molar-refractivity contribution in [2.24, 2.45) is 0 Å². The van der Waals surface area contributed by atoms with Crippen molar-refractivity contribution in [1.29, 1.82) is 0 Å². The van der Waals surface area contributed by atoms with Gasteiger partial charge in [0, 0.05) is 23.1 Å². The highest BCUT2D eigenvalue weighted by molar-refractivity contribution is 8.13. The summed E-state index contributed by atoms with van der Waals surface area (Å²) in [6.45, 7) is 1.69. The Kier molecular flexibility index (Phi) is 4.00. The predicted molar refractivity (Wildman–Crippen MR) is 68.1 cm³/mol. The van der Waals surface area contributed by atoms with E-state index in [1.54, 1.807) is 13.0 Å². The number of nitrogens with zero attached hydrogens (tertiary/aromatic N) is 4. The van der Waals surface area contributed by atoms with E-state index >= 15 is 0 Å². The van der Waals surface area contributed by atoms with Crippen molar-refractivity contribution in [3.05, 3.63) is 30.2 Å². The van der Waals surface area contributed by atoms with Crippen LogP contribution in [-0.4, -0.2) is 40.7 Å². The van der Waals surface area contributed by atoms with E-state index in [2.05, 4.69) is 15.1 Å². The molecule has 0 amide bonds. The summed E-state index contributed by atoms with van der Waals surface area (Å²) in [6, 6.07) is 1.55. The third-order valence-electron chi connectivity index (χ3n) is 2.19. The maximum atomic E-state index is 11.7. The van der Waals surface area contributed by atoms with Crippen molar-refractivity contribution < 1.29 is 17.9 Å². The molecule has 8 nitrogen and oxygen atoms in total. The molecule has 0 aliphatic heterocycles. The van der Waals surface area contributed by atoms with E-state index in [9.17, 15) is 13.2 Å². The molecule has 0 aliphatic carbocycles. The number of carbonyl (C=O) groups excluding carboxylic acids is 1. The Morgan fingerprint density at radius 1 is 1.40 bits per heavy atom. The standard InChI is InChI=1S/C10H9ClN4O4S/c1-2-19-9(16)7-6-14-15(8(7)20(11,17)18)10-12-4-3-5-13-10/h3-6H,2H2,1H3. The van der Waals surface area contributed by atoms with Crippen LogP contribution < -0.4 is 0 Å². The summed E-state index contributed by atoms with van der Waals surface area (Å²) in [5.74, 6) is -0.865. The fourth-order valence-electron chi connectivity index (χ4n) is 1.46. The number of halogens is 1. The Bertz CT molecular complexity index is 729. The maximum absolute atomic E-state index is 11.7. The number of esters is 1. The molecule has 20 heavy (non-hydrogen) atoms. The molecule has 2 aromatic rings. The van der Waals surface area contributed by atoms with Gasteiger partial charge in [-0.25, -0.2) is 23.2 Å². The van der Waals surface area contributed by atoms with E-state index in [4.69, 9.17) is 15.4 Å². The minimum absolute atomic E-state index is 0.0257. The molecule has 0 radical (unpaired) electrons. The second-order valence-corrected chi connectivity index (χ2v) is 5.96. The van der Waals surface area contributed by atoms with Gasteiger partial charge in [-0.2, -0.15) is 9.78 Å². The summed E-state index contributed by atoms with van der Waals surface area (Å²) in [7, 11) is 1.11. The monoisotopic (exact) mass is 316 g/mol. The zero-order valence-electron chi connectivity index (χ0n) is 10.2. The smallest absolute Gasteiger partial charge is 0.342 e. The molecule has 106 valence electrons. The van der Waals surface area contributed by atoms with Gasteiger partial charge in [-0.15, -0.1) is 0 Å². The Balaban J connectivity index is 2.64. The molecule has 2 aromatic heterocycles. The zero-order valence-corrected chi connectivity index (χ0v) is 11.8. The first-order chi connectivity index (χ1) is 9.45. The summed E-state index contributed by atoms with van der Waals surface area (Å²) in [5, 5.41) is 3.26. The molecule has 0 fully saturated rings. The zero-order chi connectivity index (χ0) is 14.8. The molecule has 0 saturated heterocycles. The van der Waals surface area contributed by atoms with Crippen LogP contribution in [0.1, 0.15) is 17.3 Å². The Morgan fingerprint density at radius 2 is 2.05 bits per heavy atom. The van der Waals surface area contributed by atoms with E-state index in [0.717, 1.165) is 10.9 Å². The van der Waals surface area contributed by atoms with Crippen LogP contribution in [0.3, 0.4) is 0 Å². The quantitative estimate of drug-likeness (QED) is 0.606. The minimum atomic E-state index is -4.24. The van der Waals surface area contributed by atoms with Gasteiger partial charge in [-0.3, -0.25) is 0 Å². The molecule has 0 aromatic carbocycles. The number of rotatable bonds is 4. The maximum Gasteiger partial charge on any atom is 0.342 e. The Labute approximate surface area is 118 Å². The van der Waals surface area contributed by atoms with Gasteiger partial charge in [0.15, 0.2) is 5.03 Å². The molecule has 10 heteroatoms. The van der Waals surface area contributed by atoms with Crippen molar-refractivity contribution in [3.63, 3.8) is 0 Å². The van der Waals surface area contributed by atoms with Crippen molar-refractivity contribution in [2.45, 2.75) is 11.9 Å². The lowest BCUT2D eigenvalue weighted by atomic mass is 10.4. The van der Waals surface area contributed by atoms with Gasteiger partial charge in [0.2, 0.25) is 0 Å². The Morgan fingerprint density at radius 3 is 2.60 bits per heavy atom. The molecule has 0 aliphatic rings. The van der Waals surface area contributed by atoms with Crippen molar-refractivity contribution in [2.75, 3.05) is 6.61 Å². The Hall–Kier alpha value is -2.00. The van der Waals surface area contributed by atoms with E-state index in [1.165, 1.54) is 12.4 Å². The minimum Gasteiger partial charge on any atom is -0.462 e. The van der Waals surface area contributed by atoms with Crippen LogP contribution in [0.4, 0.5) is 0 Å². The second kappa shape index (κ2) is 5.55. The van der Waals surface area contributed by atoms with Gasteiger partial charge < -0.3 is 4.74 Å². The molecule has 0 unspecified atom stereocenters. The fraction of sp³-hybridized carbons (Fsp3) is 0.200. The first-order valence-corrected chi connectivity index (χ1v) is 7.73. The number of carbonyl (C=O) groups is 1. The summed E-state index contributed by atoms with van der Waals surface area (Å²) < 4.78 is 28.9. The normalized spacial score (nSPS) is 11.3. The first kappa shape index (κ1) is 14.4. The molecular weight excluding hydrogens is 308 g/mol. The fourth-order valence-corrected chi connectivity index (χ4v) is 2.64. The van der Waals surface area contributed by atoms with Gasteiger partial charge in [-0.1, -0.05) is 0 Å². The highest BCUT2D eigenvalue weighted by atomic mass is 35.7. The largest absolute Gasteiger partial charge is 0.462 e. The van der Waals surface area contributed by atoms with Gasteiger partial charge in [0.05, 0.1) is 12.8 Å². The van der Waals surface area contributed by atoms with Crippen LogP contribution in [0.25, 0.3) is 5.95 Å². The molecule has 0 saturated carbocycles. The summed E-state index contributed by atoms with van der Waals surface area (Å²) in [6.07, 6.45) is 3.85. The highest BCUT2D eigenvalue weighted by Gasteiger charge is 2.29. The van der Waals surface area contributed by atoms with Crippen molar-refractivity contribution >= 4 is 25.7 Å². The van der Waals surface area contributed by atoms with Gasteiger partial charge in [0.25, 0.3) is 15.0 Å². The lowest BCUT2D eigenvalue weighted by Crippen LogP contribution is -2.13. The van der Waals surface area contributed by atoms with Crippen LogP contribution in [0, 0.1) is 0 Å². The SMILES string of the molecule is CCOC(=O)c1cnn(-c2ncccn2)c1S(=O)(=O)Cl. The number of aromatic nitrogens is 4. The average molecular weight is 317 g/mol. The third-order valence-corrected chi connectivity index (χ3v) is 3.49. The predicted octanol–water partition coefficient (Wildman–Crippen LogP) is 0.767. The average Bonchev–Trinajstić information content (AvgIpc) is 2.84. The number of hydrogen-bond donors (Lipinski definition) is 0. The topological polar surface area (TPSA) is 104 Å². The summed E-state index contributed by atoms with van der Waals surface area (Å²) >= 11 is 0. The van der Waals surface area contributed by atoms with Crippen LogP contribution in [-0.2, 0) is 13.8 Å². The molecule has 2 heterocycles. The molecule has 0 bridgehead atoms. The van der Waals surface area contributed by atoms with E-state index in [0.29, 0.717) is 0 Å². The van der Waals surface area contributed by atoms with Crippen molar-refractivity contribution in [1.82, 2.24) is 19.7 Å². The second-order valence-electron chi connectivity index (χ2n) is 3.48. The molecule has 0 N–H and O–H groups in total.